The molecule has 10 heteroatoms. The highest BCUT2D eigenvalue weighted by Crippen LogP contribution is 2.55. The van der Waals surface area contributed by atoms with Gasteiger partial charge in [0.25, 0.3) is 6.72 Å². The van der Waals surface area contributed by atoms with Gasteiger partial charge in [0.1, 0.15) is 0 Å². The van der Waals surface area contributed by atoms with Crippen molar-refractivity contribution in [3.8, 4) is 11.5 Å². The molecule has 0 amide bonds. The van der Waals surface area contributed by atoms with Crippen LogP contribution < -0.4 is 0 Å². The third kappa shape index (κ3) is 4.32. The van der Waals surface area contributed by atoms with Crippen LogP contribution in [-0.2, 0) is 21.4 Å². The molecule has 0 saturated heterocycles. The van der Waals surface area contributed by atoms with E-state index in [2.05, 4.69) is 14.6 Å². The first-order chi connectivity index (χ1) is 10.2. The number of benzene rings is 1. The highest BCUT2D eigenvalue weighted by Gasteiger charge is 2.38. The summed E-state index contributed by atoms with van der Waals surface area (Å²) in [5.74, 6) is -1.66. The second-order valence-corrected chi connectivity index (χ2v) is 7.57. The lowest BCUT2D eigenvalue weighted by atomic mass is 10.1. The van der Waals surface area contributed by atoms with Gasteiger partial charge in [0.05, 0.1) is 12.8 Å². The first-order valence-electron chi connectivity index (χ1n) is 6.14. The predicted molar refractivity (Wildman–Crippen MR) is 73.5 cm³/mol. The predicted octanol–water partition coefficient (Wildman–Crippen LogP) is 4.72. The molecule has 1 aromatic carbocycles. The van der Waals surface area contributed by atoms with Gasteiger partial charge < -0.3 is 8.94 Å². The van der Waals surface area contributed by atoms with Gasteiger partial charge in [-0.1, -0.05) is 12.1 Å². The van der Waals surface area contributed by atoms with Gasteiger partial charge in [-0.2, -0.15) is 13.2 Å². The van der Waals surface area contributed by atoms with Gasteiger partial charge in [-0.05, 0) is 35.9 Å². The zero-order valence-corrected chi connectivity index (χ0v) is 13.0. The Morgan fingerprint density at radius 3 is 2.41 bits per heavy atom. The molecule has 0 aliphatic carbocycles. The lowest BCUT2D eigenvalue weighted by Gasteiger charge is -2.09. The van der Waals surface area contributed by atoms with E-state index in [1.165, 1.54) is 12.1 Å². The summed E-state index contributed by atoms with van der Waals surface area (Å²) in [6.07, 6.45) is -4.67. The lowest BCUT2D eigenvalue weighted by molar-refractivity contribution is -0.156. The van der Waals surface area contributed by atoms with Crippen LogP contribution in [0.3, 0.4) is 0 Å². The fourth-order valence-corrected chi connectivity index (χ4v) is 3.49. The molecule has 1 unspecified atom stereocenters. The highest BCUT2D eigenvalue weighted by atomic mass is 35.7. The van der Waals surface area contributed by atoms with Crippen LogP contribution in [0, 0.1) is 0 Å². The van der Waals surface area contributed by atoms with Crippen molar-refractivity contribution in [2.45, 2.75) is 19.3 Å². The van der Waals surface area contributed by atoms with Gasteiger partial charge in [-0.15, -0.1) is 10.2 Å². The maximum absolute atomic E-state index is 12.4. The van der Waals surface area contributed by atoms with Crippen LogP contribution in [0.1, 0.15) is 18.4 Å². The molecule has 0 aliphatic rings. The molecule has 22 heavy (non-hydrogen) atoms. The number of nitrogens with zero attached hydrogens (tertiary/aromatic N) is 2. The number of hydrogen-bond acceptors (Lipinski definition) is 5. The minimum Gasteiger partial charge on any atom is -0.413 e. The highest BCUT2D eigenvalue weighted by molar-refractivity contribution is 7.84. The fraction of sp³-hybridized carbons (Fsp3) is 0.333. The first kappa shape index (κ1) is 17.0. The first-order valence-corrected chi connectivity index (χ1v) is 8.86. The maximum atomic E-state index is 12.4. The second kappa shape index (κ2) is 6.40. The van der Waals surface area contributed by atoms with Crippen LogP contribution in [0.15, 0.2) is 28.7 Å². The van der Waals surface area contributed by atoms with Crippen molar-refractivity contribution in [2.75, 3.05) is 6.61 Å². The quantitative estimate of drug-likeness (QED) is 0.727. The molecule has 0 spiro atoms. The third-order valence-corrected chi connectivity index (χ3v) is 4.60. The molecular weight excluding hydrogens is 344 g/mol. The fourth-order valence-electron chi connectivity index (χ4n) is 1.66. The standard InChI is InChI=1S/C12H11ClF3N2O3P/c1-2-20-22(13,19)7-8-3-5-9(6-4-8)10-17-18-11(21-10)12(14,15)16/h3-6H,2,7H2,1H3. The number of hydrogen-bond donors (Lipinski definition) is 0. The van der Waals surface area contributed by atoms with Gasteiger partial charge in [-0.25, -0.2) is 0 Å². The molecule has 0 saturated carbocycles. The molecular formula is C12H11ClF3N2O3P. The zero-order chi connectivity index (χ0) is 16.4. The summed E-state index contributed by atoms with van der Waals surface area (Å²) >= 11 is 5.75. The Labute approximate surface area is 128 Å². The molecule has 2 rings (SSSR count). The Kier molecular flexibility index (Phi) is 4.94. The smallest absolute Gasteiger partial charge is 0.413 e. The molecule has 0 bridgehead atoms. The summed E-state index contributed by atoms with van der Waals surface area (Å²) in [5.41, 5.74) is 0.929. The molecule has 1 atom stereocenters. The van der Waals surface area contributed by atoms with E-state index in [4.69, 9.17) is 15.8 Å². The van der Waals surface area contributed by atoms with E-state index < -0.39 is 18.8 Å². The normalized spacial score (nSPS) is 14.8. The lowest BCUT2D eigenvalue weighted by Crippen LogP contribution is -2.04. The van der Waals surface area contributed by atoms with Crippen molar-refractivity contribution in [1.29, 1.82) is 0 Å². The molecule has 5 nitrogen and oxygen atoms in total. The largest absolute Gasteiger partial charge is 0.470 e. The number of aromatic nitrogens is 2. The van der Waals surface area contributed by atoms with Crippen LogP contribution in [0.5, 0.6) is 0 Å². The second-order valence-electron chi connectivity index (χ2n) is 4.27. The summed E-state index contributed by atoms with van der Waals surface area (Å²) < 4.78 is 58.5. The van der Waals surface area contributed by atoms with E-state index in [1.807, 2.05) is 0 Å². The van der Waals surface area contributed by atoms with Crippen LogP contribution in [-0.4, -0.2) is 16.8 Å². The zero-order valence-electron chi connectivity index (χ0n) is 11.3. The Morgan fingerprint density at radius 2 is 1.91 bits per heavy atom. The minimum atomic E-state index is -4.69. The third-order valence-electron chi connectivity index (χ3n) is 2.56. The van der Waals surface area contributed by atoms with Gasteiger partial charge in [0.15, 0.2) is 0 Å². The molecule has 0 fully saturated rings. The SMILES string of the molecule is CCOP(=O)(Cl)Cc1ccc(-c2nnc(C(F)(F)F)o2)cc1. The van der Waals surface area contributed by atoms with Crippen molar-refractivity contribution in [3.63, 3.8) is 0 Å². The van der Waals surface area contributed by atoms with Gasteiger partial charge in [0.2, 0.25) is 5.89 Å². The molecule has 2 aromatic rings. The number of alkyl halides is 3. The topological polar surface area (TPSA) is 65.2 Å². The maximum Gasteiger partial charge on any atom is 0.470 e. The molecule has 120 valence electrons. The van der Waals surface area contributed by atoms with E-state index in [9.17, 15) is 17.7 Å². The molecule has 0 radical (unpaired) electrons. The summed E-state index contributed by atoms with van der Waals surface area (Å²) in [4.78, 5) is 0. The summed E-state index contributed by atoms with van der Waals surface area (Å²) in [7, 11) is 0. The Balaban J connectivity index is 2.15. The van der Waals surface area contributed by atoms with Gasteiger partial charge in [0, 0.05) is 5.56 Å². The number of rotatable bonds is 5. The van der Waals surface area contributed by atoms with Gasteiger partial charge in [-0.3, -0.25) is 4.57 Å². The summed E-state index contributed by atoms with van der Waals surface area (Å²) in [6.45, 7) is -1.35. The van der Waals surface area contributed by atoms with Crippen LogP contribution in [0.4, 0.5) is 13.2 Å². The molecule has 0 N–H and O–H groups in total. The average Bonchev–Trinajstić information content (AvgIpc) is 2.88. The molecule has 1 aromatic heterocycles. The van der Waals surface area contributed by atoms with Crippen LogP contribution >= 0.6 is 18.0 Å². The van der Waals surface area contributed by atoms with Crippen LogP contribution in [0.25, 0.3) is 11.5 Å². The summed E-state index contributed by atoms with van der Waals surface area (Å²) in [5, 5.41) is 6.29. The van der Waals surface area contributed by atoms with Crippen LogP contribution in [0.2, 0.25) is 0 Å². The molecule has 1 heterocycles. The number of halogens is 4. The van der Waals surface area contributed by atoms with Gasteiger partial charge >= 0.3 is 12.1 Å². The average molecular weight is 355 g/mol. The monoisotopic (exact) mass is 354 g/mol. The van der Waals surface area contributed by atoms with E-state index in [0.29, 0.717) is 11.1 Å². The van der Waals surface area contributed by atoms with Crippen molar-refractivity contribution in [3.05, 3.63) is 35.7 Å². The Bertz CT molecular complexity index is 688. The van der Waals surface area contributed by atoms with E-state index in [0.717, 1.165) is 0 Å². The minimum absolute atomic E-state index is 0.0142. The van der Waals surface area contributed by atoms with Crippen molar-refractivity contribution >= 4 is 18.0 Å². The summed E-state index contributed by atoms with van der Waals surface area (Å²) in [6, 6.07) is 6.07. The van der Waals surface area contributed by atoms with E-state index in [-0.39, 0.29) is 18.7 Å². The van der Waals surface area contributed by atoms with E-state index in [1.54, 1.807) is 19.1 Å². The van der Waals surface area contributed by atoms with Crippen molar-refractivity contribution < 1.29 is 26.7 Å². The Hall–Kier alpha value is -1.37. The van der Waals surface area contributed by atoms with Crippen molar-refractivity contribution in [2.24, 2.45) is 0 Å². The van der Waals surface area contributed by atoms with E-state index >= 15 is 0 Å². The van der Waals surface area contributed by atoms with Crippen molar-refractivity contribution in [1.82, 2.24) is 10.2 Å². The molecule has 0 aliphatic heterocycles. The Morgan fingerprint density at radius 1 is 1.27 bits per heavy atom.